The molecule has 1 aliphatic heterocycles. The summed E-state index contributed by atoms with van der Waals surface area (Å²) < 4.78 is 19.9. The number of pyridine rings is 1. The number of para-hydroxylation sites is 1. The predicted octanol–water partition coefficient (Wildman–Crippen LogP) is 5.06. The number of fused-ring (bicyclic) bond motifs is 1. The largest absolute Gasteiger partial charge is 0.378 e. The first kappa shape index (κ1) is 19.7. The van der Waals surface area contributed by atoms with Crippen LogP contribution in [0, 0.1) is 5.82 Å². The fraction of sp³-hybridized carbons (Fsp3) is 0.174. The molecule has 4 aromatic rings. The molecule has 0 saturated carbocycles. The molecule has 8 heteroatoms. The Bertz CT molecular complexity index is 1250. The second-order valence-electron chi connectivity index (χ2n) is 7.18. The maximum absolute atomic E-state index is 14.5. The number of anilines is 3. The molecule has 1 fully saturated rings. The number of nitrogens with one attached hydrogen (secondary N) is 1. The Balaban J connectivity index is 1.56. The number of aromatic nitrogens is 3. The number of morpholine rings is 1. The molecule has 0 amide bonds. The molecule has 31 heavy (non-hydrogen) atoms. The van der Waals surface area contributed by atoms with Crippen LogP contribution in [-0.4, -0.2) is 41.3 Å². The molecule has 1 N–H and O–H groups in total. The Morgan fingerprint density at radius 3 is 2.71 bits per heavy atom. The highest BCUT2D eigenvalue weighted by Crippen LogP contribution is 2.32. The van der Waals surface area contributed by atoms with Gasteiger partial charge in [-0.2, -0.15) is 0 Å². The van der Waals surface area contributed by atoms with Gasteiger partial charge in [0, 0.05) is 35.1 Å². The first-order valence-electron chi connectivity index (χ1n) is 9.94. The second-order valence-corrected chi connectivity index (χ2v) is 7.62. The number of ether oxygens (including phenoxy) is 1. The van der Waals surface area contributed by atoms with Crippen molar-refractivity contribution in [2.45, 2.75) is 0 Å². The van der Waals surface area contributed by atoms with Gasteiger partial charge in [-0.1, -0.05) is 29.8 Å². The SMILES string of the molecule is Fc1ccc(Cl)cc1-c1cc(Nc2cc(N3CCOCC3)ncn2)c2ccccc2n1. The van der Waals surface area contributed by atoms with Gasteiger partial charge in [-0.25, -0.2) is 19.3 Å². The van der Waals surface area contributed by atoms with E-state index < -0.39 is 0 Å². The minimum Gasteiger partial charge on any atom is -0.378 e. The van der Waals surface area contributed by atoms with Crippen molar-refractivity contribution in [1.29, 1.82) is 0 Å². The van der Waals surface area contributed by atoms with Gasteiger partial charge in [-0.15, -0.1) is 0 Å². The van der Waals surface area contributed by atoms with E-state index >= 15 is 0 Å². The van der Waals surface area contributed by atoms with E-state index in [1.54, 1.807) is 6.07 Å². The summed E-state index contributed by atoms with van der Waals surface area (Å²) in [7, 11) is 0. The van der Waals surface area contributed by atoms with Gasteiger partial charge in [0.05, 0.1) is 30.1 Å². The average Bonchev–Trinajstić information content (AvgIpc) is 2.81. The summed E-state index contributed by atoms with van der Waals surface area (Å²) in [5, 5.41) is 4.72. The van der Waals surface area contributed by atoms with Gasteiger partial charge in [0.25, 0.3) is 0 Å². The molecular weight excluding hydrogens is 417 g/mol. The van der Waals surface area contributed by atoms with Crippen molar-refractivity contribution in [3.8, 4) is 11.3 Å². The molecule has 6 nitrogen and oxygen atoms in total. The molecular formula is C23H19ClFN5O. The zero-order valence-corrected chi connectivity index (χ0v) is 17.3. The fourth-order valence-electron chi connectivity index (χ4n) is 3.63. The zero-order chi connectivity index (χ0) is 21.2. The third kappa shape index (κ3) is 4.15. The van der Waals surface area contributed by atoms with Crippen LogP contribution in [0.25, 0.3) is 22.2 Å². The molecule has 0 atom stereocenters. The molecule has 2 aromatic carbocycles. The van der Waals surface area contributed by atoms with E-state index in [1.807, 2.05) is 36.4 Å². The van der Waals surface area contributed by atoms with Crippen molar-refractivity contribution in [3.05, 3.63) is 71.8 Å². The van der Waals surface area contributed by atoms with Crippen LogP contribution >= 0.6 is 11.6 Å². The van der Waals surface area contributed by atoms with Gasteiger partial charge < -0.3 is 15.0 Å². The molecule has 156 valence electrons. The number of nitrogens with zero attached hydrogens (tertiary/aromatic N) is 4. The molecule has 3 heterocycles. The molecule has 0 radical (unpaired) electrons. The highest BCUT2D eigenvalue weighted by atomic mass is 35.5. The van der Waals surface area contributed by atoms with Crippen LogP contribution in [-0.2, 0) is 4.74 Å². The van der Waals surface area contributed by atoms with Crippen molar-refractivity contribution in [1.82, 2.24) is 15.0 Å². The standard InChI is InChI=1S/C23H19ClFN5O/c24-15-5-6-18(25)17(11-15)21-12-20(16-3-1-2-4-19(16)28-21)29-22-13-23(27-14-26-22)30-7-9-31-10-8-30/h1-6,11-14H,7-10H2,(H,26,27,28,29). The lowest BCUT2D eigenvalue weighted by Crippen LogP contribution is -2.36. The van der Waals surface area contributed by atoms with Gasteiger partial charge in [0.2, 0.25) is 0 Å². The van der Waals surface area contributed by atoms with E-state index in [0.717, 1.165) is 35.5 Å². The molecule has 2 aromatic heterocycles. The first-order chi connectivity index (χ1) is 15.2. The number of rotatable bonds is 4. The van der Waals surface area contributed by atoms with Gasteiger partial charge >= 0.3 is 0 Å². The van der Waals surface area contributed by atoms with Crippen LogP contribution in [0.15, 0.2) is 60.9 Å². The van der Waals surface area contributed by atoms with Crippen LogP contribution in [0.1, 0.15) is 0 Å². The van der Waals surface area contributed by atoms with Crippen molar-refractivity contribution >= 4 is 39.8 Å². The third-order valence-corrected chi connectivity index (χ3v) is 5.41. The monoisotopic (exact) mass is 435 g/mol. The quantitative estimate of drug-likeness (QED) is 0.483. The number of halogens is 2. The van der Waals surface area contributed by atoms with Crippen LogP contribution in [0.2, 0.25) is 5.02 Å². The van der Waals surface area contributed by atoms with E-state index in [0.29, 0.717) is 35.3 Å². The highest BCUT2D eigenvalue weighted by molar-refractivity contribution is 6.30. The van der Waals surface area contributed by atoms with Gasteiger partial charge in [-0.3, -0.25) is 0 Å². The summed E-state index contributed by atoms with van der Waals surface area (Å²) in [5.74, 6) is 1.10. The van der Waals surface area contributed by atoms with E-state index in [2.05, 4.69) is 25.2 Å². The van der Waals surface area contributed by atoms with Crippen LogP contribution < -0.4 is 10.2 Å². The maximum Gasteiger partial charge on any atom is 0.135 e. The Kier molecular flexibility index (Phi) is 5.36. The summed E-state index contributed by atoms with van der Waals surface area (Å²) in [5.41, 5.74) is 2.34. The third-order valence-electron chi connectivity index (χ3n) is 5.17. The molecule has 0 spiro atoms. The summed E-state index contributed by atoms with van der Waals surface area (Å²) in [4.78, 5) is 15.6. The lowest BCUT2D eigenvalue weighted by molar-refractivity contribution is 0.122. The molecule has 1 saturated heterocycles. The Labute approximate surface area is 183 Å². The lowest BCUT2D eigenvalue weighted by Gasteiger charge is -2.27. The van der Waals surface area contributed by atoms with Gasteiger partial charge in [0.15, 0.2) is 0 Å². The summed E-state index contributed by atoms with van der Waals surface area (Å²) in [6.07, 6.45) is 1.54. The van der Waals surface area contributed by atoms with Gasteiger partial charge in [-0.05, 0) is 30.3 Å². The number of hydrogen-bond donors (Lipinski definition) is 1. The molecule has 0 aliphatic carbocycles. The highest BCUT2D eigenvalue weighted by Gasteiger charge is 2.15. The normalized spacial score (nSPS) is 14.1. The minimum absolute atomic E-state index is 0.345. The topological polar surface area (TPSA) is 63.2 Å². The Morgan fingerprint density at radius 1 is 1.00 bits per heavy atom. The van der Waals surface area contributed by atoms with Crippen LogP contribution in [0.3, 0.4) is 0 Å². The zero-order valence-electron chi connectivity index (χ0n) is 16.6. The molecule has 5 rings (SSSR count). The lowest BCUT2D eigenvalue weighted by atomic mass is 10.1. The second kappa shape index (κ2) is 8.45. The first-order valence-corrected chi connectivity index (χ1v) is 10.3. The van der Waals surface area contributed by atoms with Crippen molar-refractivity contribution in [3.63, 3.8) is 0 Å². The molecule has 0 unspecified atom stereocenters. The summed E-state index contributed by atoms with van der Waals surface area (Å²) >= 11 is 6.11. The van der Waals surface area contributed by atoms with Crippen molar-refractivity contribution < 1.29 is 9.13 Å². The van der Waals surface area contributed by atoms with Crippen LogP contribution in [0.5, 0.6) is 0 Å². The van der Waals surface area contributed by atoms with Crippen molar-refractivity contribution in [2.24, 2.45) is 0 Å². The Hall–Kier alpha value is -3.29. The van der Waals surface area contributed by atoms with Gasteiger partial charge in [0.1, 0.15) is 23.8 Å². The fourth-order valence-corrected chi connectivity index (χ4v) is 3.80. The van der Waals surface area contributed by atoms with E-state index in [-0.39, 0.29) is 5.82 Å². The average molecular weight is 436 g/mol. The number of benzene rings is 2. The van der Waals surface area contributed by atoms with E-state index in [4.69, 9.17) is 16.3 Å². The number of hydrogen-bond acceptors (Lipinski definition) is 6. The predicted molar refractivity (Wildman–Crippen MR) is 120 cm³/mol. The summed E-state index contributed by atoms with van der Waals surface area (Å²) in [6, 6.07) is 15.9. The Morgan fingerprint density at radius 2 is 1.84 bits per heavy atom. The maximum atomic E-state index is 14.5. The minimum atomic E-state index is -0.380. The van der Waals surface area contributed by atoms with E-state index in [9.17, 15) is 4.39 Å². The molecule has 1 aliphatic rings. The summed E-state index contributed by atoms with van der Waals surface area (Å²) in [6.45, 7) is 2.92. The van der Waals surface area contributed by atoms with E-state index in [1.165, 1.54) is 18.5 Å². The van der Waals surface area contributed by atoms with Crippen molar-refractivity contribution in [2.75, 3.05) is 36.5 Å². The van der Waals surface area contributed by atoms with Crippen LogP contribution in [0.4, 0.5) is 21.7 Å². The molecule has 0 bridgehead atoms. The smallest absolute Gasteiger partial charge is 0.135 e.